The average Bonchev–Trinajstić information content (AvgIpc) is 2.63. The predicted molar refractivity (Wildman–Crippen MR) is 97.3 cm³/mol. The van der Waals surface area contributed by atoms with Gasteiger partial charge in [0.2, 0.25) is 0 Å². The molecule has 6 heteroatoms. The second kappa shape index (κ2) is 7.44. The van der Waals surface area contributed by atoms with Gasteiger partial charge in [0, 0.05) is 25.3 Å². The smallest absolute Gasteiger partial charge is 0.335 e. The summed E-state index contributed by atoms with van der Waals surface area (Å²) < 4.78 is 0. The molecule has 1 aromatic heterocycles. The van der Waals surface area contributed by atoms with Crippen molar-refractivity contribution in [3.8, 4) is 0 Å². The number of aromatic nitrogens is 2. The van der Waals surface area contributed by atoms with E-state index in [4.69, 9.17) is 5.11 Å². The first-order chi connectivity index (χ1) is 12.1. The fraction of sp³-hybridized carbons (Fsp3) is 0.105. The minimum Gasteiger partial charge on any atom is -0.478 e. The molecule has 0 fully saturated rings. The first kappa shape index (κ1) is 16.4. The highest BCUT2D eigenvalue weighted by molar-refractivity contribution is 5.89. The Labute approximate surface area is 145 Å². The van der Waals surface area contributed by atoms with Gasteiger partial charge in [-0.05, 0) is 23.8 Å². The highest BCUT2D eigenvalue weighted by Crippen LogP contribution is 2.20. The monoisotopic (exact) mass is 334 g/mol. The van der Waals surface area contributed by atoms with E-state index in [0.29, 0.717) is 11.5 Å². The molecule has 0 saturated heterocycles. The molecule has 0 aliphatic carbocycles. The van der Waals surface area contributed by atoms with Crippen molar-refractivity contribution in [2.24, 2.45) is 0 Å². The number of hydrogen-bond acceptors (Lipinski definition) is 5. The van der Waals surface area contributed by atoms with Crippen LogP contribution in [-0.4, -0.2) is 28.1 Å². The molecule has 0 aliphatic heterocycles. The SMILES string of the molecule is CN(Cc1ccccc1)c1cc(Nc2cccc(C(=O)O)c2)ncn1. The molecule has 2 aromatic carbocycles. The minimum absolute atomic E-state index is 0.223. The summed E-state index contributed by atoms with van der Waals surface area (Å²) in [6.07, 6.45) is 1.49. The van der Waals surface area contributed by atoms with E-state index in [1.54, 1.807) is 24.3 Å². The van der Waals surface area contributed by atoms with E-state index < -0.39 is 5.97 Å². The summed E-state index contributed by atoms with van der Waals surface area (Å²) in [6, 6.07) is 18.6. The minimum atomic E-state index is -0.963. The van der Waals surface area contributed by atoms with E-state index in [1.165, 1.54) is 11.9 Å². The number of rotatable bonds is 6. The third kappa shape index (κ3) is 4.32. The van der Waals surface area contributed by atoms with Gasteiger partial charge in [0.1, 0.15) is 18.0 Å². The molecule has 0 radical (unpaired) electrons. The summed E-state index contributed by atoms with van der Waals surface area (Å²) >= 11 is 0. The molecule has 0 unspecified atom stereocenters. The second-order valence-corrected chi connectivity index (χ2v) is 5.61. The Bertz CT molecular complexity index is 868. The third-order valence-corrected chi connectivity index (χ3v) is 3.69. The summed E-state index contributed by atoms with van der Waals surface area (Å²) in [5, 5.41) is 12.2. The maximum atomic E-state index is 11.1. The zero-order chi connectivity index (χ0) is 17.6. The van der Waals surface area contributed by atoms with Crippen molar-refractivity contribution < 1.29 is 9.90 Å². The van der Waals surface area contributed by atoms with E-state index in [9.17, 15) is 4.79 Å². The lowest BCUT2D eigenvalue weighted by Gasteiger charge is -2.18. The van der Waals surface area contributed by atoms with Gasteiger partial charge in [-0.15, -0.1) is 0 Å². The maximum Gasteiger partial charge on any atom is 0.335 e. The van der Waals surface area contributed by atoms with Crippen molar-refractivity contribution in [1.29, 1.82) is 0 Å². The molecule has 126 valence electrons. The van der Waals surface area contributed by atoms with Gasteiger partial charge in [-0.2, -0.15) is 0 Å². The Morgan fingerprint density at radius 2 is 1.88 bits per heavy atom. The lowest BCUT2D eigenvalue weighted by Crippen LogP contribution is -2.17. The summed E-state index contributed by atoms with van der Waals surface area (Å²) in [6.45, 7) is 0.728. The average molecular weight is 334 g/mol. The van der Waals surface area contributed by atoms with E-state index in [1.807, 2.05) is 36.2 Å². The predicted octanol–water partition coefficient (Wildman–Crippen LogP) is 3.55. The Hall–Kier alpha value is -3.41. The molecular formula is C19H18N4O2. The quantitative estimate of drug-likeness (QED) is 0.718. The van der Waals surface area contributed by atoms with Crippen LogP contribution in [0.2, 0.25) is 0 Å². The van der Waals surface area contributed by atoms with Gasteiger partial charge in [0.05, 0.1) is 5.56 Å². The molecule has 3 aromatic rings. The van der Waals surface area contributed by atoms with Crippen molar-refractivity contribution in [1.82, 2.24) is 9.97 Å². The fourth-order valence-corrected chi connectivity index (χ4v) is 2.44. The molecule has 0 atom stereocenters. The third-order valence-electron chi connectivity index (χ3n) is 3.69. The van der Waals surface area contributed by atoms with E-state index in [0.717, 1.165) is 12.4 Å². The first-order valence-corrected chi connectivity index (χ1v) is 7.79. The summed E-state index contributed by atoms with van der Waals surface area (Å²) in [4.78, 5) is 21.6. The van der Waals surface area contributed by atoms with Gasteiger partial charge in [0.25, 0.3) is 0 Å². The number of anilines is 3. The molecule has 3 rings (SSSR count). The van der Waals surface area contributed by atoms with Gasteiger partial charge in [-0.25, -0.2) is 14.8 Å². The van der Waals surface area contributed by atoms with Crippen LogP contribution in [0.25, 0.3) is 0 Å². The van der Waals surface area contributed by atoms with E-state index in [-0.39, 0.29) is 5.56 Å². The van der Waals surface area contributed by atoms with Crippen molar-refractivity contribution in [2.75, 3.05) is 17.3 Å². The van der Waals surface area contributed by atoms with Gasteiger partial charge in [0.15, 0.2) is 0 Å². The van der Waals surface area contributed by atoms with Crippen LogP contribution < -0.4 is 10.2 Å². The number of aromatic carboxylic acids is 1. The number of carbonyl (C=O) groups is 1. The summed E-state index contributed by atoms with van der Waals surface area (Å²) in [7, 11) is 1.96. The largest absolute Gasteiger partial charge is 0.478 e. The Morgan fingerprint density at radius 1 is 1.08 bits per heavy atom. The Morgan fingerprint density at radius 3 is 2.64 bits per heavy atom. The van der Waals surface area contributed by atoms with Crippen LogP contribution in [0.5, 0.6) is 0 Å². The molecule has 6 nitrogen and oxygen atoms in total. The molecule has 2 N–H and O–H groups in total. The van der Waals surface area contributed by atoms with Gasteiger partial charge >= 0.3 is 5.97 Å². The normalized spacial score (nSPS) is 10.3. The molecule has 25 heavy (non-hydrogen) atoms. The van der Waals surface area contributed by atoms with Crippen LogP contribution >= 0.6 is 0 Å². The second-order valence-electron chi connectivity index (χ2n) is 5.61. The van der Waals surface area contributed by atoms with Crippen LogP contribution in [0, 0.1) is 0 Å². The molecule has 1 heterocycles. The Balaban J connectivity index is 1.75. The van der Waals surface area contributed by atoms with Crippen molar-refractivity contribution in [3.63, 3.8) is 0 Å². The van der Waals surface area contributed by atoms with Crippen LogP contribution in [0.3, 0.4) is 0 Å². The topological polar surface area (TPSA) is 78.4 Å². The molecule has 0 amide bonds. The zero-order valence-corrected chi connectivity index (χ0v) is 13.8. The Kier molecular flexibility index (Phi) is 4.89. The molecule has 0 spiro atoms. The molecule has 0 aliphatic rings. The number of carboxylic acids is 1. The zero-order valence-electron chi connectivity index (χ0n) is 13.8. The van der Waals surface area contributed by atoms with Crippen LogP contribution in [0.1, 0.15) is 15.9 Å². The maximum absolute atomic E-state index is 11.1. The molecular weight excluding hydrogens is 316 g/mol. The highest BCUT2D eigenvalue weighted by Gasteiger charge is 2.07. The van der Waals surface area contributed by atoms with Crippen LogP contribution in [-0.2, 0) is 6.54 Å². The van der Waals surface area contributed by atoms with E-state index in [2.05, 4.69) is 27.4 Å². The van der Waals surface area contributed by atoms with Gasteiger partial charge in [-0.3, -0.25) is 0 Å². The number of nitrogens with one attached hydrogen (secondary N) is 1. The van der Waals surface area contributed by atoms with Crippen LogP contribution in [0.15, 0.2) is 67.0 Å². The number of hydrogen-bond donors (Lipinski definition) is 2. The highest BCUT2D eigenvalue weighted by atomic mass is 16.4. The molecule has 0 bridgehead atoms. The molecule has 0 saturated carbocycles. The standard InChI is InChI=1S/C19H18N4O2/c1-23(12-14-6-3-2-4-7-14)18-11-17(20-13-21-18)22-16-9-5-8-15(10-16)19(24)25/h2-11,13H,12H2,1H3,(H,24,25)(H,20,21,22). The van der Waals surface area contributed by atoms with E-state index >= 15 is 0 Å². The van der Waals surface area contributed by atoms with Crippen molar-refractivity contribution in [2.45, 2.75) is 6.54 Å². The first-order valence-electron chi connectivity index (χ1n) is 7.79. The fourth-order valence-electron chi connectivity index (χ4n) is 2.44. The number of carboxylic acid groups (broad SMARTS) is 1. The summed E-state index contributed by atoms with van der Waals surface area (Å²) in [5.74, 6) is 0.415. The summed E-state index contributed by atoms with van der Waals surface area (Å²) in [5.41, 5.74) is 2.07. The number of nitrogens with zero attached hydrogens (tertiary/aromatic N) is 3. The number of benzene rings is 2. The van der Waals surface area contributed by atoms with Gasteiger partial charge in [-0.1, -0.05) is 36.4 Å². The van der Waals surface area contributed by atoms with Crippen molar-refractivity contribution in [3.05, 3.63) is 78.1 Å². The lowest BCUT2D eigenvalue weighted by atomic mass is 10.2. The van der Waals surface area contributed by atoms with Crippen LogP contribution in [0.4, 0.5) is 17.3 Å². The van der Waals surface area contributed by atoms with Gasteiger partial charge < -0.3 is 15.3 Å². The van der Waals surface area contributed by atoms with Crippen molar-refractivity contribution >= 4 is 23.3 Å². The lowest BCUT2D eigenvalue weighted by molar-refractivity contribution is 0.0697.